The molecular weight excluding hydrogens is 456 g/mol. The fraction of sp³-hybridized carbons (Fsp3) is 0. The van der Waals surface area contributed by atoms with Crippen molar-refractivity contribution >= 4 is 58.0 Å². The zero-order valence-corrected chi connectivity index (χ0v) is 17.7. The summed E-state index contributed by atoms with van der Waals surface area (Å²) in [6.07, 6.45) is 0. The number of benzene rings is 3. The number of anilines is 3. The Kier molecular flexibility index (Phi) is 5.94. The number of hydrogen-bond donors (Lipinski definition) is 2. The van der Waals surface area contributed by atoms with E-state index in [4.69, 9.17) is 23.2 Å². The van der Waals surface area contributed by atoms with Crippen LogP contribution in [-0.4, -0.2) is 17.7 Å². The van der Waals surface area contributed by atoms with E-state index in [2.05, 4.69) is 10.6 Å². The highest BCUT2D eigenvalue weighted by atomic mass is 35.5. The average Bonchev–Trinajstić information content (AvgIpc) is 3.00. The van der Waals surface area contributed by atoms with Gasteiger partial charge < -0.3 is 10.6 Å². The Hall–Kier alpha value is -3.68. The van der Waals surface area contributed by atoms with Crippen LogP contribution in [0.1, 0.15) is 10.4 Å². The Morgan fingerprint density at radius 1 is 0.844 bits per heavy atom. The number of para-hydroxylation sites is 1. The van der Waals surface area contributed by atoms with Gasteiger partial charge in [0, 0.05) is 16.9 Å². The summed E-state index contributed by atoms with van der Waals surface area (Å²) in [6.45, 7) is 0. The molecule has 3 amide bonds. The van der Waals surface area contributed by atoms with Crippen LogP contribution in [0.4, 0.5) is 21.5 Å². The van der Waals surface area contributed by atoms with Crippen LogP contribution in [0.25, 0.3) is 0 Å². The number of carbonyl (C=O) groups is 3. The second-order valence-corrected chi connectivity index (χ2v) is 7.54. The molecule has 4 rings (SSSR count). The van der Waals surface area contributed by atoms with Gasteiger partial charge >= 0.3 is 0 Å². The van der Waals surface area contributed by atoms with Gasteiger partial charge in [-0.15, -0.1) is 0 Å². The fourth-order valence-corrected chi connectivity index (χ4v) is 3.44. The van der Waals surface area contributed by atoms with Crippen molar-refractivity contribution in [1.29, 1.82) is 0 Å². The van der Waals surface area contributed by atoms with Crippen LogP contribution < -0.4 is 15.5 Å². The van der Waals surface area contributed by atoms with Crippen molar-refractivity contribution in [2.45, 2.75) is 0 Å². The summed E-state index contributed by atoms with van der Waals surface area (Å²) in [5, 5.41) is 5.13. The molecule has 1 aliphatic heterocycles. The van der Waals surface area contributed by atoms with Gasteiger partial charge in [-0.2, -0.15) is 0 Å². The first-order valence-electron chi connectivity index (χ1n) is 9.32. The van der Waals surface area contributed by atoms with Crippen molar-refractivity contribution in [3.8, 4) is 0 Å². The molecule has 1 heterocycles. The van der Waals surface area contributed by atoms with Gasteiger partial charge in [-0.25, -0.2) is 9.29 Å². The average molecular weight is 470 g/mol. The SMILES string of the molecule is O=C(Nc1ccc(F)c(Cl)c1)c1ccc(NC2=C(Cl)C(=O)N(c3ccccc3)C2=O)cc1. The van der Waals surface area contributed by atoms with Crippen molar-refractivity contribution in [2.24, 2.45) is 0 Å². The quantitative estimate of drug-likeness (QED) is 0.505. The van der Waals surface area contributed by atoms with E-state index in [1.54, 1.807) is 42.5 Å². The Morgan fingerprint density at radius 3 is 2.16 bits per heavy atom. The third kappa shape index (κ3) is 4.21. The number of nitrogens with one attached hydrogen (secondary N) is 2. The lowest BCUT2D eigenvalue weighted by Crippen LogP contribution is -2.32. The molecule has 0 aromatic heterocycles. The van der Waals surface area contributed by atoms with E-state index < -0.39 is 23.5 Å². The Bertz CT molecular complexity index is 1260. The summed E-state index contributed by atoms with van der Waals surface area (Å²) in [7, 11) is 0. The molecule has 0 fully saturated rings. The van der Waals surface area contributed by atoms with Crippen molar-refractivity contribution in [3.63, 3.8) is 0 Å². The number of amides is 3. The van der Waals surface area contributed by atoms with Crippen LogP contribution in [0.3, 0.4) is 0 Å². The first kappa shape index (κ1) is 21.5. The molecule has 1 aliphatic rings. The maximum Gasteiger partial charge on any atom is 0.283 e. The summed E-state index contributed by atoms with van der Waals surface area (Å²) in [6, 6.07) is 18.5. The predicted molar refractivity (Wildman–Crippen MR) is 121 cm³/mol. The van der Waals surface area contributed by atoms with Crippen LogP contribution in [0.2, 0.25) is 5.02 Å². The lowest BCUT2D eigenvalue weighted by atomic mass is 10.2. The summed E-state index contributed by atoms with van der Waals surface area (Å²) < 4.78 is 13.3. The third-order valence-electron chi connectivity index (χ3n) is 4.64. The standard InChI is InChI=1S/C23H14Cl2FN3O3/c24-17-12-15(10-11-18(17)26)28-21(30)13-6-8-14(9-7-13)27-20-19(25)22(31)29(23(20)32)16-4-2-1-3-5-16/h1-12,27H,(H,28,30). The van der Waals surface area contributed by atoms with E-state index >= 15 is 0 Å². The van der Waals surface area contributed by atoms with E-state index in [-0.39, 0.29) is 15.8 Å². The minimum atomic E-state index is -0.626. The fourth-order valence-electron chi connectivity index (χ4n) is 3.05. The van der Waals surface area contributed by atoms with E-state index in [1.165, 1.54) is 24.3 Å². The van der Waals surface area contributed by atoms with Gasteiger partial charge in [0.2, 0.25) is 0 Å². The zero-order chi connectivity index (χ0) is 22.8. The summed E-state index contributed by atoms with van der Waals surface area (Å²) in [5.74, 6) is -2.22. The van der Waals surface area contributed by atoms with Gasteiger partial charge in [0.1, 0.15) is 16.5 Å². The number of nitrogens with zero attached hydrogens (tertiary/aromatic N) is 1. The summed E-state index contributed by atoms with van der Waals surface area (Å²) >= 11 is 11.8. The summed E-state index contributed by atoms with van der Waals surface area (Å²) in [5.41, 5.74) is 1.46. The molecule has 0 saturated carbocycles. The van der Waals surface area contributed by atoms with Gasteiger partial charge in [-0.05, 0) is 54.6 Å². The van der Waals surface area contributed by atoms with Gasteiger partial charge in [0.15, 0.2) is 0 Å². The minimum absolute atomic E-state index is 0.0568. The third-order valence-corrected chi connectivity index (χ3v) is 5.28. The van der Waals surface area contributed by atoms with E-state index in [0.717, 1.165) is 11.0 Å². The molecule has 0 unspecified atom stereocenters. The highest BCUT2D eigenvalue weighted by molar-refractivity contribution is 6.53. The molecule has 32 heavy (non-hydrogen) atoms. The van der Waals surface area contributed by atoms with E-state index in [0.29, 0.717) is 22.6 Å². The Labute approximate surface area is 192 Å². The molecule has 2 N–H and O–H groups in total. The molecule has 0 spiro atoms. The van der Waals surface area contributed by atoms with E-state index in [1.807, 2.05) is 0 Å². The second-order valence-electron chi connectivity index (χ2n) is 6.76. The topological polar surface area (TPSA) is 78.5 Å². The van der Waals surface area contributed by atoms with Crippen LogP contribution in [0, 0.1) is 5.82 Å². The number of carbonyl (C=O) groups excluding carboxylic acids is 3. The molecule has 0 saturated heterocycles. The normalized spacial score (nSPS) is 13.5. The molecule has 160 valence electrons. The Morgan fingerprint density at radius 2 is 1.50 bits per heavy atom. The summed E-state index contributed by atoms with van der Waals surface area (Å²) in [4.78, 5) is 38.6. The number of hydrogen-bond acceptors (Lipinski definition) is 4. The number of imide groups is 1. The smallest absolute Gasteiger partial charge is 0.283 e. The lowest BCUT2D eigenvalue weighted by Gasteiger charge is -2.15. The molecule has 0 radical (unpaired) electrons. The minimum Gasteiger partial charge on any atom is -0.350 e. The first-order valence-corrected chi connectivity index (χ1v) is 10.1. The van der Waals surface area contributed by atoms with E-state index in [9.17, 15) is 18.8 Å². The van der Waals surface area contributed by atoms with Gasteiger partial charge in [-0.1, -0.05) is 41.4 Å². The number of halogens is 3. The predicted octanol–water partition coefficient (Wildman–Crippen LogP) is 5.17. The highest BCUT2D eigenvalue weighted by Crippen LogP contribution is 2.30. The maximum absolute atomic E-state index is 13.3. The molecule has 0 bridgehead atoms. The molecule has 3 aromatic rings. The lowest BCUT2D eigenvalue weighted by molar-refractivity contribution is -0.120. The van der Waals surface area contributed by atoms with Crippen LogP contribution >= 0.6 is 23.2 Å². The van der Waals surface area contributed by atoms with Gasteiger partial charge in [0.05, 0.1) is 10.7 Å². The van der Waals surface area contributed by atoms with Crippen molar-refractivity contribution < 1.29 is 18.8 Å². The number of rotatable bonds is 5. The highest BCUT2D eigenvalue weighted by Gasteiger charge is 2.38. The van der Waals surface area contributed by atoms with Crippen LogP contribution in [-0.2, 0) is 9.59 Å². The molecule has 0 aliphatic carbocycles. The first-order chi connectivity index (χ1) is 15.3. The molecule has 0 atom stereocenters. The molecule has 6 nitrogen and oxygen atoms in total. The zero-order valence-electron chi connectivity index (χ0n) is 16.2. The van der Waals surface area contributed by atoms with Crippen LogP contribution in [0.15, 0.2) is 83.5 Å². The van der Waals surface area contributed by atoms with Crippen molar-refractivity contribution in [1.82, 2.24) is 0 Å². The molecule has 3 aromatic carbocycles. The van der Waals surface area contributed by atoms with Crippen molar-refractivity contribution in [2.75, 3.05) is 15.5 Å². The second kappa shape index (κ2) is 8.82. The maximum atomic E-state index is 13.3. The van der Waals surface area contributed by atoms with Gasteiger partial charge in [0.25, 0.3) is 17.7 Å². The van der Waals surface area contributed by atoms with Crippen molar-refractivity contribution in [3.05, 3.63) is 99.9 Å². The monoisotopic (exact) mass is 469 g/mol. The van der Waals surface area contributed by atoms with Gasteiger partial charge in [-0.3, -0.25) is 14.4 Å². The Balaban J connectivity index is 1.47. The largest absolute Gasteiger partial charge is 0.350 e. The molecular formula is C23H14Cl2FN3O3. The molecule has 9 heteroatoms. The van der Waals surface area contributed by atoms with Crippen LogP contribution in [0.5, 0.6) is 0 Å².